The Morgan fingerprint density at radius 3 is 3.07 bits per heavy atom. The number of carbonyl (C=O) groups excluding carboxylic acids is 1. The standard InChI is InChI=1S/C10H12N4O/c1-14(7-3-5-11)10(15)8-4-2-6-13-9(8)12/h2,4,6H,3,7H2,1H3,(H2,12,13). The zero-order valence-corrected chi connectivity index (χ0v) is 8.47. The minimum absolute atomic E-state index is 0.212. The molecule has 0 spiro atoms. The molecule has 1 rings (SSSR count). The molecule has 1 aromatic rings. The van der Waals surface area contributed by atoms with Crippen molar-refractivity contribution in [3.63, 3.8) is 0 Å². The summed E-state index contributed by atoms with van der Waals surface area (Å²) in [5.74, 6) is 0.00200. The number of pyridine rings is 1. The van der Waals surface area contributed by atoms with E-state index in [1.54, 1.807) is 19.2 Å². The smallest absolute Gasteiger partial charge is 0.257 e. The Morgan fingerprint density at radius 1 is 1.73 bits per heavy atom. The van der Waals surface area contributed by atoms with Crippen LogP contribution in [0.1, 0.15) is 16.8 Å². The monoisotopic (exact) mass is 204 g/mol. The molecule has 2 N–H and O–H groups in total. The van der Waals surface area contributed by atoms with E-state index in [0.29, 0.717) is 18.5 Å². The zero-order valence-electron chi connectivity index (χ0n) is 8.47. The van der Waals surface area contributed by atoms with Crippen LogP contribution in [0.2, 0.25) is 0 Å². The maximum Gasteiger partial charge on any atom is 0.257 e. The second-order valence-corrected chi connectivity index (χ2v) is 3.07. The first-order valence-electron chi connectivity index (χ1n) is 4.49. The molecule has 0 radical (unpaired) electrons. The van der Waals surface area contributed by atoms with E-state index in [0.717, 1.165) is 0 Å². The van der Waals surface area contributed by atoms with Crippen LogP contribution in [0.3, 0.4) is 0 Å². The van der Waals surface area contributed by atoms with Gasteiger partial charge in [-0.1, -0.05) is 0 Å². The average Bonchev–Trinajstić information content (AvgIpc) is 2.25. The van der Waals surface area contributed by atoms with Crippen LogP contribution in [-0.4, -0.2) is 29.4 Å². The molecule has 0 aliphatic carbocycles. The number of anilines is 1. The molecule has 1 heterocycles. The van der Waals surface area contributed by atoms with Gasteiger partial charge in [-0.2, -0.15) is 5.26 Å². The molecule has 5 nitrogen and oxygen atoms in total. The van der Waals surface area contributed by atoms with Crippen LogP contribution in [-0.2, 0) is 0 Å². The lowest BCUT2D eigenvalue weighted by molar-refractivity contribution is 0.0798. The van der Waals surface area contributed by atoms with Crippen LogP contribution < -0.4 is 5.73 Å². The number of hydrogen-bond donors (Lipinski definition) is 1. The van der Waals surface area contributed by atoms with E-state index in [1.807, 2.05) is 6.07 Å². The number of nitrogens with zero attached hydrogens (tertiary/aromatic N) is 3. The molecule has 0 aliphatic rings. The predicted molar refractivity (Wildman–Crippen MR) is 55.8 cm³/mol. The molecule has 0 bridgehead atoms. The average molecular weight is 204 g/mol. The summed E-state index contributed by atoms with van der Waals surface area (Å²) < 4.78 is 0. The van der Waals surface area contributed by atoms with E-state index in [4.69, 9.17) is 11.0 Å². The Morgan fingerprint density at radius 2 is 2.47 bits per heavy atom. The summed E-state index contributed by atoms with van der Waals surface area (Å²) in [6.45, 7) is 0.393. The van der Waals surface area contributed by atoms with Crippen LogP contribution in [0.25, 0.3) is 0 Å². The van der Waals surface area contributed by atoms with Crippen molar-refractivity contribution >= 4 is 11.7 Å². The first kappa shape index (κ1) is 11.0. The summed E-state index contributed by atoms with van der Waals surface area (Å²) in [6.07, 6.45) is 1.84. The van der Waals surface area contributed by atoms with Crippen LogP contribution in [0, 0.1) is 11.3 Å². The molecular weight excluding hydrogens is 192 g/mol. The van der Waals surface area contributed by atoms with Crippen molar-refractivity contribution in [1.82, 2.24) is 9.88 Å². The molecule has 0 aromatic carbocycles. The third-order valence-corrected chi connectivity index (χ3v) is 1.97. The van der Waals surface area contributed by atoms with Crippen LogP contribution in [0.4, 0.5) is 5.82 Å². The van der Waals surface area contributed by atoms with Gasteiger partial charge in [-0.3, -0.25) is 4.79 Å². The third kappa shape index (κ3) is 2.68. The molecule has 0 saturated carbocycles. The number of carbonyl (C=O) groups is 1. The summed E-state index contributed by atoms with van der Waals surface area (Å²) >= 11 is 0. The second-order valence-electron chi connectivity index (χ2n) is 3.07. The Kier molecular flexibility index (Phi) is 3.63. The normalized spacial score (nSPS) is 9.33. The molecule has 78 valence electrons. The fraction of sp³-hybridized carbons (Fsp3) is 0.300. The van der Waals surface area contributed by atoms with E-state index < -0.39 is 0 Å². The fourth-order valence-corrected chi connectivity index (χ4v) is 1.12. The molecule has 15 heavy (non-hydrogen) atoms. The highest BCUT2D eigenvalue weighted by atomic mass is 16.2. The lowest BCUT2D eigenvalue weighted by atomic mass is 10.2. The number of hydrogen-bond acceptors (Lipinski definition) is 4. The number of nitriles is 1. The van der Waals surface area contributed by atoms with Gasteiger partial charge in [0, 0.05) is 19.8 Å². The molecular formula is C10H12N4O. The van der Waals surface area contributed by atoms with E-state index in [-0.39, 0.29) is 11.7 Å². The highest BCUT2D eigenvalue weighted by molar-refractivity contribution is 5.98. The summed E-state index contributed by atoms with van der Waals surface area (Å²) in [6, 6.07) is 5.25. The van der Waals surface area contributed by atoms with Crippen molar-refractivity contribution < 1.29 is 4.79 Å². The van der Waals surface area contributed by atoms with Crippen LogP contribution >= 0.6 is 0 Å². The SMILES string of the molecule is CN(CCC#N)C(=O)c1cccnc1N. The maximum atomic E-state index is 11.8. The van der Waals surface area contributed by atoms with Gasteiger partial charge in [0.05, 0.1) is 18.1 Å². The van der Waals surface area contributed by atoms with Gasteiger partial charge in [0.15, 0.2) is 0 Å². The van der Waals surface area contributed by atoms with Gasteiger partial charge in [-0.05, 0) is 12.1 Å². The van der Waals surface area contributed by atoms with Gasteiger partial charge in [-0.25, -0.2) is 4.98 Å². The van der Waals surface area contributed by atoms with Crippen molar-refractivity contribution in [1.29, 1.82) is 5.26 Å². The lowest BCUT2D eigenvalue weighted by Crippen LogP contribution is -2.28. The first-order chi connectivity index (χ1) is 7.16. The van der Waals surface area contributed by atoms with Gasteiger partial charge in [0.2, 0.25) is 0 Å². The highest BCUT2D eigenvalue weighted by Crippen LogP contribution is 2.09. The second kappa shape index (κ2) is 4.96. The van der Waals surface area contributed by atoms with E-state index in [1.165, 1.54) is 11.1 Å². The predicted octanol–water partition coefficient (Wildman–Crippen LogP) is 0.649. The number of nitrogens with two attached hydrogens (primary N) is 1. The summed E-state index contributed by atoms with van der Waals surface area (Å²) in [5, 5.41) is 8.40. The summed E-state index contributed by atoms with van der Waals surface area (Å²) in [7, 11) is 1.63. The van der Waals surface area contributed by atoms with Crippen molar-refractivity contribution in [2.24, 2.45) is 0 Å². The van der Waals surface area contributed by atoms with Gasteiger partial charge < -0.3 is 10.6 Å². The number of rotatable bonds is 3. The summed E-state index contributed by atoms with van der Waals surface area (Å²) in [5.41, 5.74) is 5.94. The molecule has 1 aromatic heterocycles. The van der Waals surface area contributed by atoms with Gasteiger partial charge in [0.1, 0.15) is 5.82 Å². The Labute approximate surface area is 88.1 Å². The molecule has 0 fully saturated rings. The lowest BCUT2D eigenvalue weighted by Gasteiger charge is -2.15. The molecule has 0 saturated heterocycles. The van der Waals surface area contributed by atoms with E-state index in [9.17, 15) is 4.79 Å². The Balaban J connectivity index is 2.77. The fourth-order valence-electron chi connectivity index (χ4n) is 1.12. The van der Waals surface area contributed by atoms with Crippen LogP contribution in [0.5, 0.6) is 0 Å². The van der Waals surface area contributed by atoms with Crippen molar-refractivity contribution in [2.75, 3.05) is 19.3 Å². The minimum Gasteiger partial charge on any atom is -0.383 e. The molecule has 0 unspecified atom stereocenters. The molecule has 0 aliphatic heterocycles. The topological polar surface area (TPSA) is 83.0 Å². The quantitative estimate of drug-likeness (QED) is 0.783. The third-order valence-electron chi connectivity index (χ3n) is 1.97. The number of amides is 1. The minimum atomic E-state index is -0.212. The Hall–Kier alpha value is -2.09. The Bertz CT molecular complexity index is 397. The first-order valence-corrected chi connectivity index (χ1v) is 4.49. The van der Waals surface area contributed by atoms with Crippen molar-refractivity contribution in [2.45, 2.75) is 6.42 Å². The number of aromatic nitrogens is 1. The highest BCUT2D eigenvalue weighted by Gasteiger charge is 2.14. The van der Waals surface area contributed by atoms with Gasteiger partial charge in [-0.15, -0.1) is 0 Å². The van der Waals surface area contributed by atoms with Crippen LogP contribution in [0.15, 0.2) is 18.3 Å². The maximum absolute atomic E-state index is 11.8. The molecule has 0 atom stereocenters. The van der Waals surface area contributed by atoms with Gasteiger partial charge in [0.25, 0.3) is 5.91 Å². The van der Waals surface area contributed by atoms with Gasteiger partial charge >= 0.3 is 0 Å². The van der Waals surface area contributed by atoms with E-state index in [2.05, 4.69) is 4.98 Å². The van der Waals surface area contributed by atoms with E-state index >= 15 is 0 Å². The van der Waals surface area contributed by atoms with Crippen molar-refractivity contribution in [3.8, 4) is 6.07 Å². The van der Waals surface area contributed by atoms with Crippen molar-refractivity contribution in [3.05, 3.63) is 23.9 Å². The summed E-state index contributed by atoms with van der Waals surface area (Å²) in [4.78, 5) is 17.1. The molecule has 5 heteroatoms. The molecule has 1 amide bonds. The largest absolute Gasteiger partial charge is 0.383 e. The number of nitrogen functional groups attached to an aromatic ring is 1. The zero-order chi connectivity index (χ0) is 11.3.